The molecule has 5 rings (SSSR count). The van der Waals surface area contributed by atoms with Crippen molar-refractivity contribution in [2.75, 3.05) is 0 Å². The molecule has 7 heteroatoms. The first-order valence-corrected chi connectivity index (χ1v) is 24.0. The zero-order valence-electron chi connectivity index (χ0n) is 33.9. The minimum absolute atomic E-state index is 0. The number of hydrogen-bond donors (Lipinski definition) is 1. The van der Waals surface area contributed by atoms with Crippen LogP contribution in [0.15, 0.2) is 66.7 Å². The van der Waals surface area contributed by atoms with Gasteiger partial charge in [-0.25, -0.2) is 0 Å². The van der Waals surface area contributed by atoms with Crippen LogP contribution in [0.3, 0.4) is 0 Å². The maximum Gasteiger partial charge on any atom is 0.162 e. The van der Waals surface area contributed by atoms with E-state index in [4.69, 9.17) is 9.97 Å². The molecular formula is C45H61IrN2O2SeSi-. The molecule has 1 N–H and O–H groups in total. The number of aliphatic hydroxyl groups excluding tert-OH is 1. The van der Waals surface area contributed by atoms with Gasteiger partial charge in [0.2, 0.25) is 0 Å². The van der Waals surface area contributed by atoms with E-state index in [2.05, 4.69) is 150 Å². The summed E-state index contributed by atoms with van der Waals surface area (Å²) in [5.74, 6) is 1.63. The van der Waals surface area contributed by atoms with Crippen LogP contribution in [-0.2, 0) is 31.3 Å². The number of fused-ring (bicyclic) bond motifs is 4. The van der Waals surface area contributed by atoms with Gasteiger partial charge in [0.05, 0.1) is 5.76 Å². The van der Waals surface area contributed by atoms with Gasteiger partial charge in [0.15, 0.2) is 5.78 Å². The van der Waals surface area contributed by atoms with Crippen molar-refractivity contribution in [1.82, 2.24) is 9.97 Å². The van der Waals surface area contributed by atoms with E-state index < -0.39 is 8.07 Å². The molecule has 0 saturated heterocycles. The van der Waals surface area contributed by atoms with Crippen molar-refractivity contribution in [2.24, 2.45) is 40.9 Å². The number of hydrogen-bond acceptors (Lipinski definition) is 4. The summed E-state index contributed by atoms with van der Waals surface area (Å²) in [5.41, 5.74) is 4.99. The second-order valence-corrected chi connectivity index (χ2v) is 25.2. The summed E-state index contributed by atoms with van der Waals surface area (Å²) >= 11 is 0.202. The standard InChI is InChI=1S/C28H29N2SeSi.C17H32O2.Ir/c1-28(2,3)16-18-11-12-22-23(13-18)31-27-25(29-17-30-26(22)27)20-14-19-9-7-8-10-21(19)24(15-20)32(4,5)6;1-10(2)16(11(3)4)14(18)9-15(19)17(12(5)6)13(7)8;/h7-13,15,17H,16H2,1-6H3;9-13,16-18H,1-8H3;/q-1;;/b;14-9-;. The Morgan fingerprint density at radius 3 is 2.00 bits per heavy atom. The van der Waals surface area contributed by atoms with Gasteiger partial charge in [-0.15, -0.1) is 0 Å². The first-order valence-electron chi connectivity index (χ1n) is 18.8. The average molecular weight is 961 g/mol. The zero-order chi connectivity index (χ0) is 38.0. The van der Waals surface area contributed by atoms with Gasteiger partial charge >= 0.3 is 198 Å². The maximum atomic E-state index is 12.3. The van der Waals surface area contributed by atoms with Gasteiger partial charge in [0, 0.05) is 38.0 Å². The van der Waals surface area contributed by atoms with Crippen molar-refractivity contribution in [3.05, 3.63) is 78.3 Å². The molecule has 52 heavy (non-hydrogen) atoms. The number of aliphatic hydroxyl groups is 1. The quantitative estimate of drug-likeness (QED) is 0.0656. The fourth-order valence-electron chi connectivity index (χ4n) is 7.73. The first-order chi connectivity index (χ1) is 23.7. The van der Waals surface area contributed by atoms with E-state index in [9.17, 15) is 9.90 Å². The Morgan fingerprint density at radius 2 is 1.44 bits per heavy atom. The summed E-state index contributed by atoms with van der Waals surface area (Å²) in [6.07, 6.45) is 4.30. The molecule has 0 atom stereocenters. The molecule has 0 bridgehead atoms. The van der Waals surface area contributed by atoms with Crippen LogP contribution in [0.25, 0.3) is 41.5 Å². The minimum Gasteiger partial charge on any atom is -0.512 e. The number of allylic oxidation sites excluding steroid dienone is 2. The third-order valence-corrected chi connectivity index (χ3v) is 14.2. The van der Waals surface area contributed by atoms with Crippen LogP contribution in [0.4, 0.5) is 0 Å². The fraction of sp³-hybridized carbons (Fsp3) is 0.489. The topological polar surface area (TPSA) is 63.1 Å². The Kier molecular flexibility index (Phi) is 15.1. The van der Waals surface area contributed by atoms with E-state index in [1.807, 2.05) is 0 Å². The Labute approximate surface area is 334 Å². The van der Waals surface area contributed by atoms with E-state index in [1.165, 1.54) is 41.5 Å². The summed E-state index contributed by atoms with van der Waals surface area (Å²) in [5, 5.41) is 15.6. The van der Waals surface area contributed by atoms with E-state index in [-0.39, 0.29) is 63.4 Å². The second kappa shape index (κ2) is 17.8. The summed E-state index contributed by atoms with van der Waals surface area (Å²) in [6, 6.07) is 21.7. The summed E-state index contributed by atoms with van der Waals surface area (Å²) in [4.78, 5) is 21.9. The number of rotatable bonds is 10. The molecule has 0 fully saturated rings. The van der Waals surface area contributed by atoms with Crippen molar-refractivity contribution in [2.45, 2.75) is 102 Å². The molecule has 0 amide bonds. The fourth-order valence-corrected chi connectivity index (χ4v) is 11.9. The molecule has 0 spiro atoms. The van der Waals surface area contributed by atoms with Crippen molar-refractivity contribution in [3.63, 3.8) is 0 Å². The third kappa shape index (κ3) is 10.6. The first kappa shape index (κ1) is 44.0. The maximum absolute atomic E-state index is 12.3. The number of nitrogens with zero attached hydrogens (tertiary/aromatic N) is 2. The SMILES string of the molecule is CC(C)(C)Cc1ccc2c(c1)[se]c1c(-c3[c-]c4ccccc4c([Si](C)(C)C)c3)ncnc12.CC(C)C(C(=O)/C=C(\O)C(C(C)C)C(C)C)C(C)C.[Ir]. The van der Waals surface area contributed by atoms with Crippen molar-refractivity contribution in [3.8, 4) is 11.3 Å². The largest absolute Gasteiger partial charge is 0.512 e. The Hall–Kier alpha value is -2.40. The number of ketones is 1. The summed E-state index contributed by atoms with van der Waals surface area (Å²) in [7, 11) is -1.54. The van der Waals surface area contributed by atoms with Gasteiger partial charge < -0.3 is 5.11 Å². The van der Waals surface area contributed by atoms with Crippen LogP contribution in [0.1, 0.15) is 81.7 Å². The molecule has 0 aliphatic rings. The van der Waals surface area contributed by atoms with E-state index in [0.29, 0.717) is 23.7 Å². The number of benzene rings is 3. The predicted molar refractivity (Wildman–Crippen MR) is 224 cm³/mol. The molecular weight excluding hydrogens is 900 g/mol. The van der Waals surface area contributed by atoms with Crippen LogP contribution in [0, 0.1) is 47.0 Å². The van der Waals surface area contributed by atoms with E-state index in [1.54, 1.807) is 6.33 Å². The average Bonchev–Trinajstić information content (AvgIpc) is 3.36. The molecule has 0 aliphatic heterocycles. The van der Waals surface area contributed by atoms with E-state index >= 15 is 0 Å². The van der Waals surface area contributed by atoms with Crippen LogP contribution in [-0.4, -0.2) is 43.4 Å². The molecule has 5 aromatic rings. The van der Waals surface area contributed by atoms with Gasteiger partial charge in [0.1, 0.15) is 0 Å². The minimum atomic E-state index is -1.54. The number of carbonyl (C=O) groups is 1. The van der Waals surface area contributed by atoms with Crippen LogP contribution in [0.5, 0.6) is 0 Å². The molecule has 4 nitrogen and oxygen atoms in total. The summed E-state index contributed by atoms with van der Waals surface area (Å²) in [6.45, 7) is 30.8. The molecule has 283 valence electrons. The van der Waals surface area contributed by atoms with Crippen molar-refractivity contribution < 1.29 is 30.0 Å². The molecule has 2 heterocycles. The van der Waals surface area contributed by atoms with Crippen molar-refractivity contribution in [1.29, 1.82) is 0 Å². The zero-order valence-corrected chi connectivity index (χ0v) is 39.0. The number of carbonyl (C=O) groups excluding carboxylic acids is 1. The molecule has 3 aromatic carbocycles. The van der Waals surface area contributed by atoms with Gasteiger partial charge in [0.25, 0.3) is 0 Å². The Morgan fingerprint density at radius 1 is 0.846 bits per heavy atom. The third-order valence-electron chi connectivity index (χ3n) is 9.72. The van der Waals surface area contributed by atoms with Gasteiger partial charge in [-0.05, 0) is 23.7 Å². The number of aromatic nitrogens is 2. The summed E-state index contributed by atoms with van der Waals surface area (Å²) < 4.78 is 2.73. The molecule has 0 aliphatic carbocycles. The Balaban J connectivity index is 0.000000317. The molecule has 2 aromatic heterocycles. The predicted octanol–water partition coefficient (Wildman–Crippen LogP) is 11.4. The van der Waals surface area contributed by atoms with Crippen LogP contribution >= 0.6 is 0 Å². The van der Waals surface area contributed by atoms with Gasteiger partial charge in [-0.1, -0.05) is 55.4 Å². The molecule has 1 radical (unpaired) electrons. The van der Waals surface area contributed by atoms with Gasteiger partial charge in [-0.3, -0.25) is 4.79 Å². The normalized spacial score (nSPS) is 12.9. The van der Waals surface area contributed by atoms with Crippen LogP contribution < -0.4 is 5.19 Å². The van der Waals surface area contributed by atoms with Crippen molar-refractivity contribution >= 4 is 63.7 Å². The second-order valence-electron chi connectivity index (χ2n) is 18.0. The molecule has 0 unspecified atom stereocenters. The van der Waals surface area contributed by atoms with E-state index in [0.717, 1.165) is 23.2 Å². The Bertz CT molecular complexity index is 2000. The monoisotopic (exact) mass is 962 g/mol. The van der Waals surface area contributed by atoms with Crippen LogP contribution in [0.2, 0.25) is 19.6 Å². The van der Waals surface area contributed by atoms with Gasteiger partial charge in [-0.2, -0.15) is 0 Å². The smallest absolute Gasteiger partial charge is 0.162 e. The molecule has 0 saturated carbocycles.